The van der Waals surface area contributed by atoms with Gasteiger partial charge in [-0.15, -0.1) is 0 Å². The summed E-state index contributed by atoms with van der Waals surface area (Å²) in [5, 5.41) is 3.00. The maximum absolute atomic E-state index is 12.4. The van der Waals surface area contributed by atoms with Gasteiger partial charge >= 0.3 is 0 Å². The number of fused-ring (bicyclic) bond motifs is 1. The molecule has 0 fully saturated rings. The van der Waals surface area contributed by atoms with E-state index in [-0.39, 0.29) is 5.91 Å². The highest BCUT2D eigenvalue weighted by molar-refractivity contribution is 5.82. The van der Waals surface area contributed by atoms with E-state index in [0.29, 0.717) is 12.6 Å². The minimum absolute atomic E-state index is 0.0937. The highest BCUT2D eigenvalue weighted by Gasteiger charge is 2.25. The van der Waals surface area contributed by atoms with Crippen molar-refractivity contribution in [1.29, 1.82) is 0 Å². The lowest BCUT2D eigenvalue weighted by molar-refractivity contribution is -0.131. The van der Waals surface area contributed by atoms with Crippen molar-refractivity contribution in [3.8, 4) is 0 Å². The molecule has 1 amide bonds. The second-order valence-corrected chi connectivity index (χ2v) is 6.19. The molecule has 0 radical (unpaired) electrons. The van der Waals surface area contributed by atoms with Crippen molar-refractivity contribution in [1.82, 2.24) is 5.32 Å². The van der Waals surface area contributed by atoms with Crippen LogP contribution in [0.5, 0.6) is 0 Å². The van der Waals surface area contributed by atoms with E-state index >= 15 is 0 Å². The van der Waals surface area contributed by atoms with Gasteiger partial charge in [-0.1, -0.05) is 48.5 Å². The van der Waals surface area contributed by atoms with Gasteiger partial charge in [0.1, 0.15) is 0 Å². The Balaban J connectivity index is 1.57. The number of benzene rings is 2. The van der Waals surface area contributed by atoms with Crippen LogP contribution in [0.3, 0.4) is 0 Å². The molecule has 0 bridgehead atoms. The van der Waals surface area contributed by atoms with Gasteiger partial charge < -0.3 is 15.0 Å². The molecule has 3 rings (SSSR count). The van der Waals surface area contributed by atoms with Gasteiger partial charge in [-0.25, -0.2) is 0 Å². The zero-order valence-corrected chi connectivity index (χ0v) is 14.2. The third-order valence-electron chi connectivity index (χ3n) is 4.58. The van der Waals surface area contributed by atoms with Gasteiger partial charge in [-0.3, -0.25) is 4.79 Å². The second kappa shape index (κ2) is 7.49. The fourth-order valence-corrected chi connectivity index (χ4v) is 3.38. The smallest absolute Gasteiger partial charge is 0.253 e. The Bertz CT molecular complexity index is 687. The molecule has 1 aliphatic rings. The molecule has 1 heterocycles. The van der Waals surface area contributed by atoms with E-state index in [1.54, 1.807) is 7.11 Å². The van der Waals surface area contributed by atoms with E-state index in [2.05, 4.69) is 41.4 Å². The summed E-state index contributed by atoms with van der Waals surface area (Å²) in [5.41, 5.74) is 3.54. The first-order valence-corrected chi connectivity index (χ1v) is 8.40. The Kier molecular flexibility index (Phi) is 5.16. The van der Waals surface area contributed by atoms with Crippen molar-refractivity contribution in [3.63, 3.8) is 0 Å². The van der Waals surface area contributed by atoms with Gasteiger partial charge in [0.25, 0.3) is 5.91 Å². The minimum Gasteiger partial charge on any atom is -0.367 e. The fraction of sp³-hybridized carbons (Fsp3) is 0.350. The maximum Gasteiger partial charge on any atom is 0.253 e. The summed E-state index contributed by atoms with van der Waals surface area (Å²) in [5.74, 6) is -0.0937. The van der Waals surface area contributed by atoms with Crippen molar-refractivity contribution < 1.29 is 9.53 Å². The van der Waals surface area contributed by atoms with Crippen LogP contribution in [0.15, 0.2) is 54.6 Å². The summed E-state index contributed by atoms with van der Waals surface area (Å²) < 4.78 is 5.37. The number of hydrogen-bond donors (Lipinski definition) is 1. The average Bonchev–Trinajstić information content (AvgIpc) is 2.92. The molecule has 0 saturated carbocycles. The van der Waals surface area contributed by atoms with E-state index in [1.165, 1.54) is 11.3 Å². The molecule has 4 heteroatoms. The molecule has 0 saturated heterocycles. The van der Waals surface area contributed by atoms with Crippen molar-refractivity contribution in [2.75, 3.05) is 25.1 Å². The standard InChI is InChI=1S/C20H24N2O2/c1-15-14-17-10-6-7-11-18(17)22(15)13-12-21-20(23)19(24-2)16-8-4-3-5-9-16/h3-11,15,19H,12-14H2,1-2H3,(H,21,23). The van der Waals surface area contributed by atoms with E-state index < -0.39 is 6.10 Å². The van der Waals surface area contributed by atoms with Crippen molar-refractivity contribution in [2.45, 2.75) is 25.5 Å². The number of methoxy groups -OCH3 is 1. The van der Waals surface area contributed by atoms with Gasteiger partial charge in [-0.2, -0.15) is 0 Å². The number of hydrogen-bond acceptors (Lipinski definition) is 3. The molecule has 0 aliphatic carbocycles. The average molecular weight is 324 g/mol. The summed E-state index contributed by atoms with van der Waals surface area (Å²) in [6.45, 7) is 3.63. The first-order chi connectivity index (χ1) is 11.7. The Hall–Kier alpha value is -2.33. The number of anilines is 1. The first kappa shape index (κ1) is 16.5. The van der Waals surface area contributed by atoms with Crippen molar-refractivity contribution in [3.05, 3.63) is 65.7 Å². The van der Waals surface area contributed by atoms with E-state index in [9.17, 15) is 4.79 Å². The molecule has 2 unspecified atom stereocenters. The van der Waals surface area contributed by atoms with Crippen LogP contribution in [0.25, 0.3) is 0 Å². The van der Waals surface area contributed by atoms with Crippen LogP contribution in [0.4, 0.5) is 5.69 Å². The lowest BCUT2D eigenvalue weighted by Crippen LogP contribution is -2.39. The Morgan fingerprint density at radius 3 is 2.67 bits per heavy atom. The zero-order valence-electron chi connectivity index (χ0n) is 14.2. The van der Waals surface area contributed by atoms with Crippen LogP contribution in [0.1, 0.15) is 24.2 Å². The van der Waals surface area contributed by atoms with Gasteiger partial charge in [0, 0.05) is 31.9 Å². The van der Waals surface area contributed by atoms with E-state index in [4.69, 9.17) is 4.74 Å². The van der Waals surface area contributed by atoms with Gasteiger partial charge in [0.2, 0.25) is 0 Å². The molecule has 24 heavy (non-hydrogen) atoms. The molecule has 1 aliphatic heterocycles. The minimum atomic E-state index is -0.561. The quantitative estimate of drug-likeness (QED) is 0.888. The predicted molar refractivity (Wildman–Crippen MR) is 96.2 cm³/mol. The highest BCUT2D eigenvalue weighted by Crippen LogP contribution is 2.31. The molecule has 2 aromatic carbocycles. The molecule has 126 valence electrons. The number of nitrogens with one attached hydrogen (secondary N) is 1. The first-order valence-electron chi connectivity index (χ1n) is 8.40. The molecule has 2 aromatic rings. The topological polar surface area (TPSA) is 41.6 Å². The van der Waals surface area contributed by atoms with Crippen LogP contribution in [0.2, 0.25) is 0 Å². The van der Waals surface area contributed by atoms with Crippen molar-refractivity contribution in [2.24, 2.45) is 0 Å². The van der Waals surface area contributed by atoms with Crippen LogP contribution >= 0.6 is 0 Å². The summed E-state index contributed by atoms with van der Waals surface area (Å²) in [4.78, 5) is 14.8. The summed E-state index contributed by atoms with van der Waals surface area (Å²) in [6, 6.07) is 18.5. The molecular formula is C20H24N2O2. The fourth-order valence-electron chi connectivity index (χ4n) is 3.38. The largest absolute Gasteiger partial charge is 0.367 e. The van der Waals surface area contributed by atoms with Crippen molar-refractivity contribution >= 4 is 11.6 Å². The normalized spacial score (nSPS) is 17.4. The third-order valence-corrected chi connectivity index (χ3v) is 4.58. The predicted octanol–water partition coefficient (Wildman–Crippen LogP) is 2.94. The molecule has 0 aromatic heterocycles. The SMILES string of the molecule is COC(C(=O)NCCN1c2ccccc2CC1C)c1ccccc1. The number of para-hydroxylation sites is 1. The van der Waals surface area contributed by atoms with Gasteiger partial charge in [0.15, 0.2) is 6.10 Å². The van der Waals surface area contributed by atoms with Crippen LogP contribution in [-0.4, -0.2) is 32.1 Å². The van der Waals surface area contributed by atoms with E-state index in [1.807, 2.05) is 30.3 Å². The van der Waals surface area contributed by atoms with E-state index in [0.717, 1.165) is 18.5 Å². The lowest BCUT2D eigenvalue weighted by atomic mass is 10.1. The number of rotatable bonds is 6. The Morgan fingerprint density at radius 1 is 1.21 bits per heavy atom. The number of carbonyl (C=O) groups excluding carboxylic acids is 1. The Labute approximate surface area is 143 Å². The maximum atomic E-state index is 12.4. The molecule has 0 spiro atoms. The highest BCUT2D eigenvalue weighted by atomic mass is 16.5. The molecule has 1 N–H and O–H groups in total. The number of amides is 1. The van der Waals surface area contributed by atoms with Crippen LogP contribution in [0, 0.1) is 0 Å². The number of carbonyl (C=O) groups is 1. The third kappa shape index (κ3) is 3.44. The molecule has 4 nitrogen and oxygen atoms in total. The lowest BCUT2D eigenvalue weighted by Gasteiger charge is -2.25. The van der Waals surface area contributed by atoms with Crippen LogP contribution < -0.4 is 10.2 Å². The van der Waals surface area contributed by atoms with Crippen LogP contribution in [-0.2, 0) is 16.0 Å². The summed E-state index contributed by atoms with van der Waals surface area (Å²) in [7, 11) is 1.57. The number of nitrogens with zero attached hydrogens (tertiary/aromatic N) is 1. The summed E-state index contributed by atoms with van der Waals surface area (Å²) in [6.07, 6.45) is 0.504. The molecular weight excluding hydrogens is 300 g/mol. The zero-order chi connectivity index (χ0) is 16.9. The van der Waals surface area contributed by atoms with Gasteiger partial charge in [-0.05, 0) is 30.5 Å². The molecule has 2 atom stereocenters. The Morgan fingerprint density at radius 2 is 1.92 bits per heavy atom. The summed E-state index contributed by atoms with van der Waals surface area (Å²) >= 11 is 0. The number of ether oxygens (including phenoxy) is 1. The van der Waals surface area contributed by atoms with Gasteiger partial charge in [0.05, 0.1) is 0 Å². The second-order valence-electron chi connectivity index (χ2n) is 6.19. The monoisotopic (exact) mass is 324 g/mol.